The van der Waals surface area contributed by atoms with Gasteiger partial charge in [0.25, 0.3) is 0 Å². The molecule has 0 aromatic heterocycles. The van der Waals surface area contributed by atoms with Crippen LogP contribution in [0.4, 0.5) is 0 Å². The van der Waals surface area contributed by atoms with Gasteiger partial charge in [-0.1, -0.05) is 13.8 Å². The molecule has 0 heterocycles. The molecule has 3 atom stereocenters. The molecule has 0 saturated heterocycles. The first-order valence-electron chi connectivity index (χ1n) is 5.66. The van der Waals surface area contributed by atoms with E-state index in [9.17, 15) is 9.90 Å². The average Bonchev–Trinajstić information content (AvgIpc) is 2.21. The van der Waals surface area contributed by atoms with E-state index in [4.69, 9.17) is 9.84 Å². The minimum atomic E-state index is -0.655. The van der Waals surface area contributed by atoms with Crippen molar-refractivity contribution in [2.24, 2.45) is 17.3 Å². The number of aliphatic hydroxyl groups excluding tert-OH is 2. The molecular weight excluding hydrogens is 208 g/mol. The molecule has 0 amide bonds. The standard InChI is InChI=1S/C12H24O4/c1-8(6-13)10(14)9(2)7-16-11(15)12(3,4)5/h8-10,13-14H,6-7H2,1-5H3/t8-,9+,10-/m1/s1. The van der Waals surface area contributed by atoms with Crippen molar-refractivity contribution in [1.29, 1.82) is 0 Å². The van der Waals surface area contributed by atoms with E-state index in [0.717, 1.165) is 0 Å². The maximum absolute atomic E-state index is 11.5. The van der Waals surface area contributed by atoms with Crippen LogP contribution in [0.5, 0.6) is 0 Å². The van der Waals surface area contributed by atoms with E-state index in [-0.39, 0.29) is 31.0 Å². The summed E-state index contributed by atoms with van der Waals surface area (Å²) in [5.41, 5.74) is -0.521. The third-order valence-electron chi connectivity index (χ3n) is 2.54. The quantitative estimate of drug-likeness (QED) is 0.699. The average molecular weight is 232 g/mol. The van der Waals surface area contributed by atoms with Gasteiger partial charge in [-0.3, -0.25) is 4.79 Å². The highest BCUT2D eigenvalue weighted by Crippen LogP contribution is 2.18. The maximum Gasteiger partial charge on any atom is 0.311 e. The van der Waals surface area contributed by atoms with Crippen LogP contribution in [0.15, 0.2) is 0 Å². The van der Waals surface area contributed by atoms with E-state index < -0.39 is 11.5 Å². The number of aliphatic hydroxyl groups is 2. The van der Waals surface area contributed by atoms with Crippen molar-refractivity contribution in [3.63, 3.8) is 0 Å². The fourth-order valence-electron chi connectivity index (χ4n) is 1.19. The van der Waals surface area contributed by atoms with Crippen LogP contribution in [0, 0.1) is 17.3 Å². The molecule has 0 saturated carbocycles. The Hall–Kier alpha value is -0.610. The molecule has 0 rings (SSSR count). The van der Waals surface area contributed by atoms with E-state index >= 15 is 0 Å². The summed E-state index contributed by atoms with van der Waals surface area (Å²) in [7, 11) is 0. The lowest BCUT2D eigenvalue weighted by molar-refractivity contribution is -0.155. The Bertz CT molecular complexity index is 220. The minimum absolute atomic E-state index is 0.0707. The Labute approximate surface area is 97.6 Å². The van der Waals surface area contributed by atoms with Gasteiger partial charge in [0.2, 0.25) is 0 Å². The third kappa shape index (κ3) is 4.94. The van der Waals surface area contributed by atoms with Gasteiger partial charge in [-0.15, -0.1) is 0 Å². The zero-order valence-electron chi connectivity index (χ0n) is 10.9. The number of carbonyl (C=O) groups is 1. The van der Waals surface area contributed by atoms with E-state index in [2.05, 4.69) is 0 Å². The Morgan fingerprint density at radius 2 is 1.75 bits per heavy atom. The van der Waals surface area contributed by atoms with Crippen LogP contribution in [0.2, 0.25) is 0 Å². The van der Waals surface area contributed by atoms with Gasteiger partial charge in [-0.25, -0.2) is 0 Å². The van der Waals surface area contributed by atoms with Crippen LogP contribution in [0.3, 0.4) is 0 Å². The SMILES string of the molecule is C[C@H](CO)[C@@H](O)[C@@H](C)COC(=O)C(C)(C)C. The number of ether oxygens (including phenoxy) is 1. The summed E-state index contributed by atoms with van der Waals surface area (Å²) < 4.78 is 5.10. The summed E-state index contributed by atoms with van der Waals surface area (Å²) >= 11 is 0. The first kappa shape index (κ1) is 15.4. The van der Waals surface area contributed by atoms with Gasteiger partial charge in [0.05, 0.1) is 18.1 Å². The molecule has 96 valence electrons. The van der Waals surface area contributed by atoms with E-state index in [1.54, 1.807) is 34.6 Å². The second-order valence-corrected chi connectivity index (χ2v) is 5.48. The Morgan fingerprint density at radius 1 is 1.25 bits per heavy atom. The van der Waals surface area contributed by atoms with Crippen molar-refractivity contribution in [2.45, 2.75) is 40.7 Å². The molecule has 0 aliphatic rings. The minimum Gasteiger partial charge on any atom is -0.465 e. The topological polar surface area (TPSA) is 66.8 Å². The van der Waals surface area contributed by atoms with Crippen LogP contribution in [-0.2, 0) is 9.53 Å². The zero-order valence-corrected chi connectivity index (χ0v) is 10.9. The van der Waals surface area contributed by atoms with Crippen molar-refractivity contribution in [3.8, 4) is 0 Å². The number of hydrogen-bond acceptors (Lipinski definition) is 4. The maximum atomic E-state index is 11.5. The first-order valence-corrected chi connectivity index (χ1v) is 5.66. The van der Waals surface area contributed by atoms with Crippen LogP contribution in [0.1, 0.15) is 34.6 Å². The second kappa shape index (κ2) is 6.21. The van der Waals surface area contributed by atoms with Crippen molar-refractivity contribution < 1.29 is 19.7 Å². The van der Waals surface area contributed by atoms with E-state index in [0.29, 0.717) is 0 Å². The highest BCUT2D eigenvalue weighted by Gasteiger charge is 2.26. The lowest BCUT2D eigenvalue weighted by Gasteiger charge is -2.24. The Kier molecular flexibility index (Phi) is 5.97. The summed E-state index contributed by atoms with van der Waals surface area (Å²) in [5, 5.41) is 18.6. The molecule has 0 unspecified atom stereocenters. The van der Waals surface area contributed by atoms with Gasteiger partial charge in [0.15, 0.2) is 0 Å². The summed E-state index contributed by atoms with van der Waals surface area (Å²) in [5.74, 6) is -0.653. The highest BCUT2D eigenvalue weighted by molar-refractivity contribution is 5.75. The normalized spacial score (nSPS) is 17.7. The van der Waals surface area contributed by atoms with Gasteiger partial charge in [-0.05, 0) is 20.8 Å². The summed E-state index contributed by atoms with van der Waals surface area (Å²) in [4.78, 5) is 11.5. The molecule has 16 heavy (non-hydrogen) atoms. The van der Waals surface area contributed by atoms with Gasteiger partial charge >= 0.3 is 5.97 Å². The van der Waals surface area contributed by atoms with Crippen molar-refractivity contribution in [3.05, 3.63) is 0 Å². The molecule has 0 spiro atoms. The molecule has 0 aromatic carbocycles. The van der Waals surface area contributed by atoms with Crippen molar-refractivity contribution in [2.75, 3.05) is 13.2 Å². The van der Waals surface area contributed by atoms with Crippen LogP contribution in [-0.4, -0.2) is 35.5 Å². The molecule has 0 fully saturated rings. The van der Waals surface area contributed by atoms with Crippen molar-refractivity contribution >= 4 is 5.97 Å². The lowest BCUT2D eigenvalue weighted by atomic mass is 9.94. The van der Waals surface area contributed by atoms with Gasteiger partial charge in [0.1, 0.15) is 0 Å². The van der Waals surface area contributed by atoms with E-state index in [1.165, 1.54) is 0 Å². The molecule has 2 N–H and O–H groups in total. The molecule has 0 radical (unpaired) electrons. The van der Waals surface area contributed by atoms with E-state index in [1.807, 2.05) is 0 Å². The van der Waals surface area contributed by atoms with Crippen LogP contribution in [0.25, 0.3) is 0 Å². The zero-order chi connectivity index (χ0) is 12.9. The van der Waals surface area contributed by atoms with Crippen LogP contribution >= 0.6 is 0 Å². The fraction of sp³-hybridized carbons (Fsp3) is 0.917. The molecular formula is C12H24O4. The largest absolute Gasteiger partial charge is 0.465 e. The summed E-state index contributed by atoms with van der Waals surface area (Å²) in [6.07, 6.45) is -0.655. The smallest absolute Gasteiger partial charge is 0.311 e. The number of hydrogen-bond donors (Lipinski definition) is 2. The monoisotopic (exact) mass is 232 g/mol. The lowest BCUT2D eigenvalue weighted by Crippen LogP contribution is -2.33. The molecule has 0 aliphatic carbocycles. The third-order valence-corrected chi connectivity index (χ3v) is 2.54. The first-order chi connectivity index (χ1) is 7.20. The van der Waals surface area contributed by atoms with Gasteiger partial charge in [0, 0.05) is 18.4 Å². The Morgan fingerprint density at radius 3 is 2.12 bits per heavy atom. The highest BCUT2D eigenvalue weighted by atomic mass is 16.5. The fourth-order valence-corrected chi connectivity index (χ4v) is 1.19. The number of rotatable bonds is 5. The van der Waals surface area contributed by atoms with Crippen LogP contribution < -0.4 is 0 Å². The second-order valence-electron chi connectivity index (χ2n) is 5.48. The predicted octanol–water partition coefficient (Wildman–Crippen LogP) is 1.20. The number of esters is 1. The molecule has 0 aliphatic heterocycles. The molecule has 0 aromatic rings. The molecule has 0 bridgehead atoms. The summed E-state index contributed by atoms with van der Waals surface area (Å²) in [6, 6.07) is 0. The van der Waals surface area contributed by atoms with Crippen molar-refractivity contribution in [1.82, 2.24) is 0 Å². The molecule has 4 heteroatoms. The van der Waals surface area contributed by atoms with Gasteiger partial charge < -0.3 is 14.9 Å². The summed E-state index contributed by atoms with van der Waals surface area (Å²) in [6.45, 7) is 9.02. The molecule has 4 nitrogen and oxygen atoms in total. The Balaban J connectivity index is 4.08. The van der Waals surface area contributed by atoms with Gasteiger partial charge in [-0.2, -0.15) is 0 Å². The number of carbonyl (C=O) groups excluding carboxylic acids is 1. The predicted molar refractivity (Wildman–Crippen MR) is 61.8 cm³/mol.